The summed E-state index contributed by atoms with van der Waals surface area (Å²) in [6, 6.07) is 26.7. The molecule has 2 nitrogen and oxygen atoms in total. The van der Waals surface area contributed by atoms with E-state index in [1.54, 1.807) is 23.9 Å². The molecule has 1 atom stereocenters. The van der Waals surface area contributed by atoms with Gasteiger partial charge >= 0.3 is 0 Å². The Bertz CT molecular complexity index is 1020. The third-order valence-corrected chi connectivity index (χ3v) is 7.44. The number of rotatable bonds is 7. The van der Waals surface area contributed by atoms with Crippen LogP contribution in [0.2, 0.25) is 0 Å². The van der Waals surface area contributed by atoms with Gasteiger partial charge in [0.05, 0.1) is 4.90 Å². The Morgan fingerprint density at radius 1 is 0.893 bits per heavy atom. The molecule has 0 saturated carbocycles. The molecule has 1 unspecified atom stereocenters. The Kier molecular flexibility index (Phi) is 6.76. The van der Waals surface area contributed by atoms with E-state index < -0.39 is 15.1 Å². The Morgan fingerprint density at radius 3 is 2.04 bits per heavy atom. The zero-order valence-electron chi connectivity index (χ0n) is 16.1. The molecule has 0 bridgehead atoms. The highest BCUT2D eigenvalue weighted by Gasteiger charge is 2.27. The van der Waals surface area contributed by atoms with Crippen molar-refractivity contribution in [2.24, 2.45) is 0 Å². The van der Waals surface area contributed by atoms with Crippen molar-refractivity contribution in [1.82, 2.24) is 0 Å². The van der Waals surface area contributed by atoms with Gasteiger partial charge in [0, 0.05) is 6.42 Å². The maximum absolute atomic E-state index is 13.5. The molecular weight excluding hydrogens is 384 g/mol. The van der Waals surface area contributed by atoms with E-state index in [1.807, 2.05) is 79.9 Å². The van der Waals surface area contributed by atoms with Crippen molar-refractivity contribution in [3.8, 4) is 0 Å². The van der Waals surface area contributed by atoms with Gasteiger partial charge in [0.15, 0.2) is 9.84 Å². The number of aryl methyl sites for hydroxylation is 1. The lowest BCUT2D eigenvalue weighted by atomic mass is 10.1. The number of benzene rings is 3. The Balaban J connectivity index is 2.05. The molecule has 0 spiro atoms. The van der Waals surface area contributed by atoms with Crippen LogP contribution in [0.4, 0.5) is 0 Å². The second kappa shape index (κ2) is 9.26. The predicted molar refractivity (Wildman–Crippen MR) is 119 cm³/mol. The van der Waals surface area contributed by atoms with Gasteiger partial charge in [-0.15, -0.1) is 11.8 Å². The lowest BCUT2D eigenvalue weighted by Crippen LogP contribution is -2.13. The van der Waals surface area contributed by atoms with Gasteiger partial charge in [-0.2, -0.15) is 0 Å². The molecular formula is C24H24O2S2. The first kappa shape index (κ1) is 20.4. The lowest BCUT2D eigenvalue weighted by Gasteiger charge is -2.17. The van der Waals surface area contributed by atoms with E-state index in [0.29, 0.717) is 4.90 Å². The van der Waals surface area contributed by atoms with E-state index in [0.717, 1.165) is 22.5 Å². The third kappa shape index (κ3) is 4.94. The molecule has 3 aromatic rings. The second-order valence-corrected chi connectivity index (χ2v) is 9.69. The van der Waals surface area contributed by atoms with Gasteiger partial charge < -0.3 is 0 Å². The molecule has 0 radical (unpaired) electrons. The Hall–Kier alpha value is -2.30. The SMILES string of the molecule is CS/C(=C\C(c1ccccc1)S(=O)(=O)c1ccc(C)cc1)Cc1ccccc1. The molecule has 3 aromatic carbocycles. The first-order valence-corrected chi connectivity index (χ1v) is 11.9. The standard InChI is InChI=1S/C24H24O2S2/c1-19-13-15-23(16-14-19)28(25,26)24(21-11-7-4-8-12-21)18-22(27-2)17-20-9-5-3-6-10-20/h3-16,18,24H,17H2,1-2H3/b22-18-. The van der Waals surface area contributed by atoms with Gasteiger partial charge in [0.2, 0.25) is 0 Å². The van der Waals surface area contributed by atoms with Crippen molar-refractivity contribution in [1.29, 1.82) is 0 Å². The molecule has 3 rings (SSSR count). The van der Waals surface area contributed by atoms with Crippen molar-refractivity contribution in [3.63, 3.8) is 0 Å². The van der Waals surface area contributed by atoms with Crippen molar-refractivity contribution in [2.45, 2.75) is 23.5 Å². The summed E-state index contributed by atoms with van der Waals surface area (Å²) in [5.74, 6) is 0. The van der Waals surface area contributed by atoms with Crippen LogP contribution in [0.1, 0.15) is 21.9 Å². The highest BCUT2D eigenvalue weighted by molar-refractivity contribution is 8.02. The van der Waals surface area contributed by atoms with Gasteiger partial charge in [-0.3, -0.25) is 0 Å². The van der Waals surface area contributed by atoms with Gasteiger partial charge in [-0.25, -0.2) is 8.42 Å². The minimum atomic E-state index is -3.56. The van der Waals surface area contributed by atoms with Gasteiger partial charge in [-0.05, 0) is 41.3 Å². The summed E-state index contributed by atoms with van der Waals surface area (Å²) < 4.78 is 27.0. The monoisotopic (exact) mass is 408 g/mol. The van der Waals surface area contributed by atoms with Crippen LogP contribution < -0.4 is 0 Å². The fourth-order valence-electron chi connectivity index (χ4n) is 3.05. The summed E-state index contributed by atoms with van der Waals surface area (Å²) in [5, 5.41) is -0.720. The minimum absolute atomic E-state index is 0.350. The van der Waals surface area contributed by atoms with E-state index >= 15 is 0 Å². The fourth-order valence-corrected chi connectivity index (χ4v) is 5.38. The quantitative estimate of drug-likeness (QED) is 0.481. The average molecular weight is 409 g/mol. The number of hydrogen-bond acceptors (Lipinski definition) is 3. The topological polar surface area (TPSA) is 34.1 Å². The fraction of sp³-hybridized carbons (Fsp3) is 0.167. The van der Waals surface area contributed by atoms with E-state index in [1.165, 1.54) is 5.56 Å². The highest BCUT2D eigenvalue weighted by atomic mass is 32.2. The molecule has 0 N–H and O–H groups in total. The van der Waals surface area contributed by atoms with Crippen LogP contribution in [-0.2, 0) is 16.3 Å². The van der Waals surface area contributed by atoms with Crippen molar-refractivity contribution >= 4 is 21.6 Å². The van der Waals surface area contributed by atoms with E-state index in [4.69, 9.17) is 0 Å². The Labute approximate surface area is 172 Å². The maximum Gasteiger partial charge on any atom is 0.188 e. The van der Waals surface area contributed by atoms with Crippen LogP contribution in [0.25, 0.3) is 0 Å². The summed E-state index contributed by atoms with van der Waals surface area (Å²) >= 11 is 1.60. The first-order valence-electron chi connectivity index (χ1n) is 9.15. The van der Waals surface area contributed by atoms with Crippen LogP contribution in [0.3, 0.4) is 0 Å². The summed E-state index contributed by atoms with van der Waals surface area (Å²) in [6.07, 6.45) is 4.62. The molecule has 0 amide bonds. The summed E-state index contributed by atoms with van der Waals surface area (Å²) in [7, 11) is -3.56. The molecule has 0 aliphatic heterocycles. The largest absolute Gasteiger partial charge is 0.223 e. The lowest BCUT2D eigenvalue weighted by molar-refractivity contribution is 0.590. The summed E-state index contributed by atoms with van der Waals surface area (Å²) in [4.78, 5) is 1.39. The zero-order valence-corrected chi connectivity index (χ0v) is 17.7. The summed E-state index contributed by atoms with van der Waals surface area (Å²) in [5.41, 5.74) is 2.99. The molecule has 28 heavy (non-hydrogen) atoms. The molecule has 0 fully saturated rings. The molecule has 0 saturated heterocycles. The molecule has 0 aromatic heterocycles. The second-order valence-electron chi connectivity index (χ2n) is 6.69. The summed E-state index contributed by atoms with van der Waals surface area (Å²) in [6.45, 7) is 1.96. The normalized spacial score (nSPS) is 13.3. The van der Waals surface area contributed by atoms with Gasteiger partial charge in [0.1, 0.15) is 5.25 Å². The molecule has 0 aliphatic carbocycles. The third-order valence-electron chi connectivity index (χ3n) is 4.63. The number of sulfone groups is 1. The van der Waals surface area contributed by atoms with E-state index in [-0.39, 0.29) is 0 Å². The highest BCUT2D eigenvalue weighted by Crippen LogP contribution is 2.33. The molecule has 4 heteroatoms. The van der Waals surface area contributed by atoms with Crippen molar-refractivity contribution < 1.29 is 8.42 Å². The van der Waals surface area contributed by atoms with Crippen LogP contribution in [0.15, 0.2) is 101 Å². The van der Waals surface area contributed by atoms with Crippen molar-refractivity contribution in [3.05, 3.63) is 113 Å². The predicted octanol–water partition coefficient (Wildman–Crippen LogP) is 6.00. The van der Waals surface area contributed by atoms with E-state index in [9.17, 15) is 8.42 Å². The van der Waals surface area contributed by atoms with Crippen molar-refractivity contribution in [2.75, 3.05) is 6.26 Å². The van der Waals surface area contributed by atoms with Crippen LogP contribution in [0.5, 0.6) is 0 Å². The molecule has 0 aliphatic rings. The smallest absolute Gasteiger partial charge is 0.188 e. The first-order chi connectivity index (χ1) is 13.5. The van der Waals surface area contributed by atoms with Gasteiger partial charge in [-0.1, -0.05) is 84.4 Å². The number of hydrogen-bond donors (Lipinski definition) is 0. The average Bonchev–Trinajstić information content (AvgIpc) is 2.72. The molecule has 144 valence electrons. The zero-order chi connectivity index (χ0) is 20.0. The van der Waals surface area contributed by atoms with Gasteiger partial charge in [0.25, 0.3) is 0 Å². The number of allylic oxidation sites excluding steroid dienone is 1. The maximum atomic E-state index is 13.5. The minimum Gasteiger partial charge on any atom is -0.223 e. The Morgan fingerprint density at radius 2 is 1.46 bits per heavy atom. The molecule has 0 heterocycles. The number of thioether (sulfide) groups is 1. The van der Waals surface area contributed by atoms with Crippen LogP contribution >= 0.6 is 11.8 Å². The van der Waals surface area contributed by atoms with E-state index in [2.05, 4.69) is 12.1 Å². The van der Waals surface area contributed by atoms with Crippen LogP contribution in [-0.4, -0.2) is 14.7 Å². The van der Waals surface area contributed by atoms with Crippen LogP contribution in [0, 0.1) is 6.92 Å².